The Morgan fingerprint density at radius 2 is 2.10 bits per heavy atom. The van der Waals surface area contributed by atoms with Crippen LogP contribution in [0.1, 0.15) is 34.1 Å². The summed E-state index contributed by atoms with van der Waals surface area (Å²) in [5.74, 6) is 0.649. The predicted octanol–water partition coefficient (Wildman–Crippen LogP) is 3.36. The Hall–Kier alpha value is -1.46. The molecule has 2 aromatic rings. The first kappa shape index (κ1) is 14.9. The van der Waals surface area contributed by atoms with Crippen LogP contribution >= 0.6 is 11.3 Å². The van der Waals surface area contributed by atoms with Crippen molar-refractivity contribution in [2.45, 2.75) is 33.4 Å². The standard InChI is InChI=1S/C15H21N3OS/c1-10(15-11(2)20-12(3)17-15)18(4)9-13-6-7-14(19-5)16-8-13/h6-8,10H,9H2,1-5H3/t10-/m0/s1. The summed E-state index contributed by atoms with van der Waals surface area (Å²) in [7, 11) is 3.74. The highest BCUT2D eigenvalue weighted by Crippen LogP contribution is 2.26. The van der Waals surface area contributed by atoms with Crippen molar-refractivity contribution in [1.82, 2.24) is 14.9 Å². The molecule has 0 aliphatic rings. The molecule has 0 fully saturated rings. The van der Waals surface area contributed by atoms with Gasteiger partial charge in [0.15, 0.2) is 0 Å². The van der Waals surface area contributed by atoms with Crippen LogP contribution in [0, 0.1) is 13.8 Å². The van der Waals surface area contributed by atoms with E-state index in [0.29, 0.717) is 11.9 Å². The lowest BCUT2D eigenvalue weighted by atomic mass is 10.1. The molecule has 0 aromatic carbocycles. The molecule has 20 heavy (non-hydrogen) atoms. The lowest BCUT2D eigenvalue weighted by Crippen LogP contribution is -2.22. The van der Waals surface area contributed by atoms with Gasteiger partial charge < -0.3 is 4.74 Å². The van der Waals surface area contributed by atoms with Gasteiger partial charge in [-0.2, -0.15) is 0 Å². The minimum atomic E-state index is 0.294. The average molecular weight is 291 g/mol. The molecule has 0 amide bonds. The summed E-state index contributed by atoms with van der Waals surface area (Å²) in [6.07, 6.45) is 1.86. The molecular formula is C15H21N3OS. The van der Waals surface area contributed by atoms with Gasteiger partial charge in [0.25, 0.3) is 0 Å². The van der Waals surface area contributed by atoms with Crippen LogP contribution in [0.4, 0.5) is 0 Å². The van der Waals surface area contributed by atoms with E-state index in [0.717, 1.165) is 11.6 Å². The van der Waals surface area contributed by atoms with Crippen LogP contribution in [-0.4, -0.2) is 29.0 Å². The Labute approximate surface area is 124 Å². The molecule has 0 aliphatic heterocycles. The number of rotatable bonds is 5. The molecule has 0 saturated heterocycles. The molecule has 0 bridgehead atoms. The van der Waals surface area contributed by atoms with Gasteiger partial charge in [-0.05, 0) is 33.4 Å². The minimum Gasteiger partial charge on any atom is -0.481 e. The summed E-state index contributed by atoms with van der Waals surface area (Å²) in [6.45, 7) is 7.23. The molecule has 0 spiro atoms. The first-order valence-corrected chi connectivity index (χ1v) is 7.46. The fraction of sp³-hybridized carbons (Fsp3) is 0.467. The average Bonchev–Trinajstić information content (AvgIpc) is 2.77. The second-order valence-corrected chi connectivity index (χ2v) is 6.38. The van der Waals surface area contributed by atoms with Crippen molar-refractivity contribution in [3.8, 4) is 5.88 Å². The Kier molecular flexibility index (Phi) is 4.73. The zero-order valence-corrected chi connectivity index (χ0v) is 13.5. The lowest BCUT2D eigenvalue weighted by Gasteiger charge is -2.24. The van der Waals surface area contributed by atoms with Gasteiger partial charge in [-0.3, -0.25) is 4.90 Å². The summed E-state index contributed by atoms with van der Waals surface area (Å²) in [5, 5.41) is 1.13. The van der Waals surface area contributed by atoms with Gasteiger partial charge in [0, 0.05) is 23.7 Å². The fourth-order valence-electron chi connectivity index (χ4n) is 2.19. The maximum Gasteiger partial charge on any atom is 0.212 e. The van der Waals surface area contributed by atoms with E-state index in [9.17, 15) is 0 Å². The number of methoxy groups -OCH3 is 1. The smallest absolute Gasteiger partial charge is 0.212 e. The molecule has 0 unspecified atom stereocenters. The van der Waals surface area contributed by atoms with Crippen molar-refractivity contribution >= 4 is 11.3 Å². The van der Waals surface area contributed by atoms with Crippen LogP contribution in [0.5, 0.6) is 5.88 Å². The molecule has 0 saturated carbocycles. The predicted molar refractivity (Wildman–Crippen MR) is 82.3 cm³/mol. The van der Waals surface area contributed by atoms with Gasteiger partial charge in [0.05, 0.1) is 23.9 Å². The second-order valence-electron chi connectivity index (χ2n) is 4.97. The molecule has 2 aromatic heterocycles. The molecule has 2 heterocycles. The maximum atomic E-state index is 5.08. The Morgan fingerprint density at radius 3 is 2.60 bits per heavy atom. The van der Waals surface area contributed by atoms with Crippen molar-refractivity contribution in [1.29, 1.82) is 0 Å². The largest absolute Gasteiger partial charge is 0.481 e. The van der Waals surface area contributed by atoms with Gasteiger partial charge in [0.1, 0.15) is 0 Å². The van der Waals surface area contributed by atoms with E-state index in [1.54, 1.807) is 18.4 Å². The molecule has 0 N–H and O–H groups in total. The second kappa shape index (κ2) is 6.33. The van der Waals surface area contributed by atoms with E-state index in [-0.39, 0.29) is 0 Å². The quantitative estimate of drug-likeness (QED) is 0.846. The van der Waals surface area contributed by atoms with E-state index >= 15 is 0 Å². The number of thiazole rings is 1. The molecule has 0 aliphatic carbocycles. The molecule has 4 nitrogen and oxygen atoms in total. The molecule has 0 radical (unpaired) electrons. The van der Waals surface area contributed by atoms with Gasteiger partial charge >= 0.3 is 0 Å². The summed E-state index contributed by atoms with van der Waals surface area (Å²) >= 11 is 1.76. The molecule has 108 valence electrons. The number of aryl methyl sites for hydroxylation is 2. The van der Waals surface area contributed by atoms with Gasteiger partial charge in [-0.1, -0.05) is 6.07 Å². The van der Waals surface area contributed by atoms with E-state index in [1.807, 2.05) is 18.3 Å². The minimum absolute atomic E-state index is 0.294. The highest BCUT2D eigenvalue weighted by molar-refractivity contribution is 7.11. The SMILES string of the molecule is COc1ccc(CN(C)[C@@H](C)c2nc(C)sc2C)cn1. The topological polar surface area (TPSA) is 38.2 Å². The third kappa shape index (κ3) is 3.35. The summed E-state index contributed by atoms with van der Waals surface area (Å²) < 4.78 is 5.08. The number of ether oxygens (including phenoxy) is 1. The Bertz CT molecular complexity index is 565. The maximum absolute atomic E-state index is 5.08. The first-order chi connectivity index (χ1) is 9.51. The van der Waals surface area contributed by atoms with Crippen molar-refractivity contribution in [3.63, 3.8) is 0 Å². The molecule has 5 heteroatoms. The highest BCUT2D eigenvalue weighted by Gasteiger charge is 2.17. The van der Waals surface area contributed by atoms with Crippen molar-refractivity contribution in [2.75, 3.05) is 14.2 Å². The van der Waals surface area contributed by atoms with Crippen molar-refractivity contribution in [2.24, 2.45) is 0 Å². The third-order valence-electron chi connectivity index (χ3n) is 3.44. The first-order valence-electron chi connectivity index (χ1n) is 6.64. The van der Waals surface area contributed by atoms with E-state index in [2.05, 4.69) is 42.7 Å². The van der Waals surface area contributed by atoms with Crippen molar-refractivity contribution in [3.05, 3.63) is 39.5 Å². The van der Waals surface area contributed by atoms with Crippen LogP contribution in [0.3, 0.4) is 0 Å². The zero-order chi connectivity index (χ0) is 14.7. The fourth-order valence-corrected chi connectivity index (χ4v) is 3.10. The number of hydrogen-bond donors (Lipinski definition) is 0. The van der Waals surface area contributed by atoms with E-state index in [1.165, 1.54) is 16.1 Å². The van der Waals surface area contributed by atoms with Crippen LogP contribution in [0.25, 0.3) is 0 Å². The normalized spacial score (nSPS) is 12.7. The van der Waals surface area contributed by atoms with E-state index in [4.69, 9.17) is 4.74 Å². The number of pyridine rings is 1. The van der Waals surface area contributed by atoms with Crippen LogP contribution in [0.15, 0.2) is 18.3 Å². The monoisotopic (exact) mass is 291 g/mol. The van der Waals surface area contributed by atoms with E-state index < -0.39 is 0 Å². The van der Waals surface area contributed by atoms with Crippen LogP contribution in [-0.2, 0) is 6.54 Å². The van der Waals surface area contributed by atoms with Crippen LogP contribution in [0.2, 0.25) is 0 Å². The summed E-state index contributed by atoms with van der Waals surface area (Å²) in [6, 6.07) is 4.24. The molecule has 2 rings (SSSR count). The summed E-state index contributed by atoms with van der Waals surface area (Å²) in [4.78, 5) is 12.5. The number of aromatic nitrogens is 2. The Balaban J connectivity index is 2.06. The van der Waals surface area contributed by atoms with Crippen molar-refractivity contribution < 1.29 is 4.74 Å². The molecule has 1 atom stereocenters. The van der Waals surface area contributed by atoms with Gasteiger partial charge in [-0.25, -0.2) is 9.97 Å². The Morgan fingerprint density at radius 1 is 1.35 bits per heavy atom. The number of hydrogen-bond acceptors (Lipinski definition) is 5. The third-order valence-corrected chi connectivity index (χ3v) is 4.34. The number of nitrogens with zero attached hydrogens (tertiary/aromatic N) is 3. The highest BCUT2D eigenvalue weighted by atomic mass is 32.1. The van der Waals surface area contributed by atoms with Gasteiger partial charge in [0.2, 0.25) is 5.88 Å². The van der Waals surface area contributed by atoms with Gasteiger partial charge in [-0.15, -0.1) is 11.3 Å². The lowest BCUT2D eigenvalue weighted by molar-refractivity contribution is 0.248. The zero-order valence-electron chi connectivity index (χ0n) is 12.7. The summed E-state index contributed by atoms with van der Waals surface area (Å²) in [5.41, 5.74) is 2.35. The molecular weight excluding hydrogens is 270 g/mol. The van der Waals surface area contributed by atoms with Crippen LogP contribution < -0.4 is 4.74 Å².